The smallest absolute Gasteiger partial charge is 0.274 e. The summed E-state index contributed by atoms with van der Waals surface area (Å²) in [6, 6.07) is 11.6. The quantitative estimate of drug-likeness (QED) is 0.799. The van der Waals surface area contributed by atoms with E-state index in [9.17, 15) is 9.59 Å². The van der Waals surface area contributed by atoms with E-state index in [2.05, 4.69) is 15.6 Å². The maximum Gasteiger partial charge on any atom is 0.274 e. The first-order chi connectivity index (χ1) is 11.6. The lowest BCUT2D eigenvalue weighted by atomic mass is 10.2. The number of carbonyl (C=O) groups excluding carboxylic acids is 2. The van der Waals surface area contributed by atoms with Gasteiger partial charge in [-0.25, -0.2) is 0 Å². The third-order valence-corrected chi connectivity index (χ3v) is 3.32. The van der Waals surface area contributed by atoms with Gasteiger partial charge in [-0.1, -0.05) is 19.4 Å². The summed E-state index contributed by atoms with van der Waals surface area (Å²) in [5, 5.41) is 14.3. The second-order valence-electron chi connectivity index (χ2n) is 5.19. The number of anilines is 1. The van der Waals surface area contributed by atoms with Crippen molar-refractivity contribution in [1.29, 1.82) is 5.26 Å². The van der Waals surface area contributed by atoms with Crippen molar-refractivity contribution in [3.05, 3.63) is 59.4 Å². The van der Waals surface area contributed by atoms with Gasteiger partial charge in [0.1, 0.15) is 5.69 Å². The molecule has 24 heavy (non-hydrogen) atoms. The van der Waals surface area contributed by atoms with Crippen LogP contribution in [0.3, 0.4) is 0 Å². The van der Waals surface area contributed by atoms with Crippen LogP contribution in [0.15, 0.2) is 42.6 Å². The average Bonchev–Trinajstić information content (AvgIpc) is 2.62. The molecule has 122 valence electrons. The molecule has 0 unspecified atom stereocenters. The highest BCUT2D eigenvalue weighted by Gasteiger charge is 2.12. The molecule has 0 aliphatic rings. The van der Waals surface area contributed by atoms with Crippen LogP contribution < -0.4 is 10.6 Å². The number of amides is 2. The summed E-state index contributed by atoms with van der Waals surface area (Å²) in [5.74, 6) is -0.667. The molecule has 1 aromatic heterocycles. The zero-order chi connectivity index (χ0) is 17.4. The Morgan fingerprint density at radius 2 is 2.04 bits per heavy atom. The van der Waals surface area contributed by atoms with E-state index in [1.165, 1.54) is 12.3 Å². The summed E-state index contributed by atoms with van der Waals surface area (Å²) in [5.41, 5.74) is 1.47. The molecule has 1 aromatic carbocycles. The molecular formula is C18H18N4O2. The van der Waals surface area contributed by atoms with Crippen LogP contribution in [0.1, 0.15) is 46.2 Å². The lowest BCUT2D eigenvalue weighted by molar-refractivity contribution is 0.0953. The van der Waals surface area contributed by atoms with Crippen LogP contribution in [0, 0.1) is 11.3 Å². The zero-order valence-corrected chi connectivity index (χ0v) is 13.4. The minimum Gasteiger partial charge on any atom is -0.352 e. The first-order valence-electron chi connectivity index (χ1n) is 7.70. The molecule has 0 saturated heterocycles. The summed E-state index contributed by atoms with van der Waals surface area (Å²) >= 11 is 0. The van der Waals surface area contributed by atoms with E-state index in [1.807, 2.05) is 13.0 Å². The largest absolute Gasteiger partial charge is 0.352 e. The van der Waals surface area contributed by atoms with Gasteiger partial charge in [0, 0.05) is 24.0 Å². The van der Waals surface area contributed by atoms with Gasteiger partial charge in [0.2, 0.25) is 0 Å². The Labute approximate surface area is 140 Å². The number of hydrogen-bond donors (Lipinski definition) is 2. The second-order valence-corrected chi connectivity index (χ2v) is 5.19. The third kappa shape index (κ3) is 4.65. The van der Waals surface area contributed by atoms with E-state index in [0.717, 1.165) is 12.8 Å². The minimum absolute atomic E-state index is 0.139. The van der Waals surface area contributed by atoms with Crippen LogP contribution in [0.5, 0.6) is 0 Å². The van der Waals surface area contributed by atoms with E-state index >= 15 is 0 Å². The molecular weight excluding hydrogens is 304 g/mol. The number of carbonyl (C=O) groups is 2. The van der Waals surface area contributed by atoms with Crippen LogP contribution in [0.2, 0.25) is 0 Å². The first-order valence-corrected chi connectivity index (χ1v) is 7.70. The molecule has 1 heterocycles. The average molecular weight is 322 g/mol. The molecule has 0 fully saturated rings. The lowest BCUT2D eigenvalue weighted by Crippen LogP contribution is -2.25. The molecule has 6 heteroatoms. The number of nitriles is 1. The number of rotatable bonds is 6. The topological polar surface area (TPSA) is 94.9 Å². The van der Waals surface area contributed by atoms with Gasteiger partial charge >= 0.3 is 0 Å². The molecule has 0 spiro atoms. The Hall–Kier alpha value is -3.20. The van der Waals surface area contributed by atoms with Crippen molar-refractivity contribution in [3.63, 3.8) is 0 Å². The van der Waals surface area contributed by atoms with Gasteiger partial charge in [-0.05, 0) is 36.8 Å². The maximum absolute atomic E-state index is 12.3. The second kappa shape index (κ2) is 8.44. The van der Waals surface area contributed by atoms with Crippen molar-refractivity contribution < 1.29 is 9.59 Å². The molecule has 0 aliphatic heterocycles. The van der Waals surface area contributed by atoms with Crippen molar-refractivity contribution in [1.82, 2.24) is 10.3 Å². The molecule has 0 radical (unpaired) electrons. The Morgan fingerprint density at radius 1 is 1.21 bits per heavy atom. The summed E-state index contributed by atoms with van der Waals surface area (Å²) in [7, 11) is 0. The number of benzene rings is 1. The molecule has 2 rings (SSSR count). The van der Waals surface area contributed by atoms with Crippen molar-refractivity contribution in [3.8, 4) is 6.07 Å². The van der Waals surface area contributed by atoms with Crippen molar-refractivity contribution in [2.24, 2.45) is 0 Å². The van der Waals surface area contributed by atoms with E-state index in [0.29, 0.717) is 23.4 Å². The third-order valence-electron chi connectivity index (χ3n) is 3.32. The molecule has 2 aromatic rings. The Morgan fingerprint density at radius 3 is 2.79 bits per heavy atom. The fraction of sp³-hybridized carbons (Fsp3) is 0.222. The van der Waals surface area contributed by atoms with Gasteiger partial charge in [-0.3, -0.25) is 14.6 Å². The van der Waals surface area contributed by atoms with Crippen LogP contribution >= 0.6 is 0 Å². The van der Waals surface area contributed by atoms with Crippen LogP contribution in [-0.2, 0) is 0 Å². The highest BCUT2D eigenvalue weighted by atomic mass is 16.2. The summed E-state index contributed by atoms with van der Waals surface area (Å²) in [4.78, 5) is 28.3. The van der Waals surface area contributed by atoms with Crippen molar-refractivity contribution in [2.75, 3.05) is 11.9 Å². The van der Waals surface area contributed by atoms with Gasteiger partial charge < -0.3 is 10.6 Å². The number of aromatic nitrogens is 1. The number of nitrogens with one attached hydrogen (secondary N) is 2. The van der Waals surface area contributed by atoms with E-state index < -0.39 is 5.91 Å². The fourth-order valence-corrected chi connectivity index (χ4v) is 2.04. The van der Waals surface area contributed by atoms with Crippen molar-refractivity contribution >= 4 is 17.5 Å². The monoisotopic (exact) mass is 322 g/mol. The van der Waals surface area contributed by atoms with Gasteiger partial charge in [0.05, 0.1) is 11.6 Å². The number of pyridine rings is 1. The van der Waals surface area contributed by atoms with Gasteiger partial charge in [0.25, 0.3) is 11.8 Å². The van der Waals surface area contributed by atoms with Crippen LogP contribution in [0.25, 0.3) is 0 Å². The SMILES string of the molecule is CCCCNC(=O)c1ccnc(C(=O)Nc2cccc(C#N)c2)c1. The number of unbranched alkanes of at least 4 members (excludes halogenated alkanes) is 1. The number of hydrogen-bond acceptors (Lipinski definition) is 4. The van der Waals surface area contributed by atoms with E-state index in [1.54, 1.807) is 30.3 Å². The number of nitrogens with zero attached hydrogens (tertiary/aromatic N) is 2. The predicted molar refractivity (Wildman–Crippen MR) is 90.6 cm³/mol. The van der Waals surface area contributed by atoms with Gasteiger partial charge in [0.15, 0.2) is 0 Å². The molecule has 0 bridgehead atoms. The normalized spacial score (nSPS) is 9.83. The maximum atomic E-state index is 12.3. The Balaban J connectivity index is 2.08. The highest BCUT2D eigenvalue weighted by Crippen LogP contribution is 2.11. The van der Waals surface area contributed by atoms with Crippen LogP contribution in [0.4, 0.5) is 5.69 Å². The molecule has 0 atom stereocenters. The standard InChI is InChI=1S/C18H18N4O2/c1-2-3-8-21-17(23)14-7-9-20-16(11-14)18(24)22-15-6-4-5-13(10-15)12-19/h4-7,9-11H,2-3,8H2,1H3,(H,21,23)(H,22,24). The molecule has 2 N–H and O–H groups in total. The van der Waals surface area contributed by atoms with E-state index in [4.69, 9.17) is 5.26 Å². The van der Waals surface area contributed by atoms with Crippen molar-refractivity contribution in [2.45, 2.75) is 19.8 Å². The van der Waals surface area contributed by atoms with Crippen LogP contribution in [-0.4, -0.2) is 23.3 Å². The molecule has 6 nitrogen and oxygen atoms in total. The lowest BCUT2D eigenvalue weighted by Gasteiger charge is -2.07. The first kappa shape index (κ1) is 17.2. The fourth-order valence-electron chi connectivity index (χ4n) is 2.04. The Bertz CT molecular complexity index is 781. The van der Waals surface area contributed by atoms with E-state index in [-0.39, 0.29) is 11.6 Å². The molecule has 0 aliphatic carbocycles. The minimum atomic E-state index is -0.437. The highest BCUT2D eigenvalue weighted by molar-refractivity contribution is 6.04. The van der Waals surface area contributed by atoms with Gasteiger partial charge in [-0.15, -0.1) is 0 Å². The summed E-state index contributed by atoms with van der Waals surface area (Å²) in [6.07, 6.45) is 3.32. The van der Waals surface area contributed by atoms with Gasteiger partial charge in [-0.2, -0.15) is 5.26 Å². The summed E-state index contributed by atoms with van der Waals surface area (Å²) < 4.78 is 0. The summed E-state index contributed by atoms with van der Waals surface area (Å²) in [6.45, 7) is 2.64. The zero-order valence-electron chi connectivity index (χ0n) is 13.4. The molecule has 2 amide bonds. The Kier molecular flexibility index (Phi) is 6.03. The predicted octanol–water partition coefficient (Wildman–Crippen LogP) is 2.74. The molecule has 0 saturated carbocycles.